The average Bonchev–Trinajstić information content (AvgIpc) is 3.24. The molecule has 0 aromatic carbocycles. The summed E-state index contributed by atoms with van der Waals surface area (Å²) in [4.78, 5) is 7.13. The zero-order valence-corrected chi connectivity index (χ0v) is 14.1. The Hall–Kier alpha value is -2.48. The van der Waals surface area contributed by atoms with E-state index in [0.717, 1.165) is 0 Å². The first-order valence-corrected chi connectivity index (χ1v) is 8.22. The quantitative estimate of drug-likeness (QED) is 0.849. The van der Waals surface area contributed by atoms with Gasteiger partial charge in [-0.25, -0.2) is 0 Å². The first-order valence-electron chi connectivity index (χ1n) is 8.22. The zero-order valence-electron chi connectivity index (χ0n) is 14.1. The zero-order chi connectivity index (χ0) is 16.2. The number of nitrogens with one attached hydrogen (secondary N) is 2. The van der Waals surface area contributed by atoms with Crippen molar-refractivity contribution in [3.63, 3.8) is 0 Å². The number of rotatable bonds is 2. The summed E-state index contributed by atoms with van der Waals surface area (Å²) in [5.41, 5.74) is 5.32. The van der Waals surface area contributed by atoms with Crippen LogP contribution >= 0.6 is 0 Å². The molecule has 0 fully saturated rings. The van der Waals surface area contributed by atoms with Gasteiger partial charge in [-0.2, -0.15) is 0 Å². The molecule has 4 rings (SSSR count). The molecule has 0 saturated carbocycles. The summed E-state index contributed by atoms with van der Waals surface area (Å²) < 4.78 is 0. The van der Waals surface area contributed by atoms with Crippen molar-refractivity contribution in [1.29, 1.82) is 0 Å². The molecule has 0 unspecified atom stereocenters. The minimum Gasteiger partial charge on any atom is -0.355 e. The van der Waals surface area contributed by atoms with Gasteiger partial charge in [-0.1, -0.05) is 50.3 Å². The summed E-state index contributed by atoms with van der Waals surface area (Å²) in [6.07, 6.45) is 17.4. The summed E-state index contributed by atoms with van der Waals surface area (Å²) in [6, 6.07) is 0. The molecule has 116 valence electrons. The molecule has 2 heterocycles. The van der Waals surface area contributed by atoms with E-state index in [2.05, 4.69) is 86.3 Å². The Morgan fingerprint density at radius 3 is 1.61 bits per heavy atom. The topological polar surface area (TPSA) is 31.6 Å². The summed E-state index contributed by atoms with van der Waals surface area (Å²) in [7, 11) is 0. The fourth-order valence-corrected chi connectivity index (χ4v) is 4.10. The molecule has 0 saturated heterocycles. The van der Waals surface area contributed by atoms with Gasteiger partial charge in [-0.05, 0) is 37.1 Å². The molecule has 0 radical (unpaired) electrons. The Morgan fingerprint density at radius 2 is 1.22 bits per heavy atom. The number of hydrogen-bond acceptors (Lipinski definition) is 0. The lowest BCUT2D eigenvalue weighted by molar-refractivity contribution is 0.630. The SMILES string of the molecule is CC=c1[nH]c2c(c1C(C)(C)c1c3c([nH]c1=CC)=CC=C3)C=CC=2. The highest BCUT2D eigenvalue weighted by Gasteiger charge is 2.32. The van der Waals surface area contributed by atoms with Gasteiger partial charge in [-0.15, -0.1) is 0 Å². The van der Waals surface area contributed by atoms with E-state index in [1.165, 1.54) is 43.7 Å². The monoisotopic (exact) mass is 302 g/mol. The maximum Gasteiger partial charge on any atom is 0.0461 e. The summed E-state index contributed by atoms with van der Waals surface area (Å²) in [5.74, 6) is 0. The smallest absolute Gasteiger partial charge is 0.0461 e. The van der Waals surface area contributed by atoms with Gasteiger partial charge in [0.15, 0.2) is 0 Å². The molecule has 2 nitrogen and oxygen atoms in total. The molecule has 23 heavy (non-hydrogen) atoms. The van der Waals surface area contributed by atoms with Crippen molar-refractivity contribution < 1.29 is 0 Å². The van der Waals surface area contributed by atoms with Crippen molar-refractivity contribution in [2.24, 2.45) is 0 Å². The Balaban J connectivity index is 2.10. The first-order chi connectivity index (χ1) is 11.1. The first kappa shape index (κ1) is 14.1. The van der Waals surface area contributed by atoms with Gasteiger partial charge in [0.1, 0.15) is 0 Å². The molecule has 2 aliphatic rings. The molecule has 2 N–H and O–H groups in total. The van der Waals surface area contributed by atoms with Crippen LogP contribution in [0.15, 0.2) is 12.2 Å². The molecule has 0 spiro atoms. The Bertz CT molecular complexity index is 1010. The van der Waals surface area contributed by atoms with Crippen LogP contribution in [0.3, 0.4) is 0 Å². The molecular formula is C21H22N2. The second kappa shape index (κ2) is 4.76. The van der Waals surface area contributed by atoms with Gasteiger partial charge in [-0.3, -0.25) is 0 Å². The van der Waals surface area contributed by atoms with Crippen LogP contribution in [0.25, 0.3) is 36.5 Å². The maximum absolute atomic E-state index is 3.57. The van der Waals surface area contributed by atoms with Crippen molar-refractivity contribution in [2.75, 3.05) is 0 Å². The highest BCUT2D eigenvalue weighted by Crippen LogP contribution is 2.32. The van der Waals surface area contributed by atoms with Crippen LogP contribution in [-0.2, 0) is 5.41 Å². The Kier molecular flexibility index (Phi) is 2.92. The van der Waals surface area contributed by atoms with Gasteiger partial charge in [0.05, 0.1) is 0 Å². The molecule has 2 heteroatoms. The second-order valence-corrected chi connectivity index (χ2v) is 6.74. The van der Waals surface area contributed by atoms with E-state index in [4.69, 9.17) is 0 Å². The van der Waals surface area contributed by atoms with Crippen molar-refractivity contribution >= 4 is 36.5 Å². The van der Waals surface area contributed by atoms with E-state index in [1.807, 2.05) is 0 Å². The molecule has 2 aromatic heterocycles. The fraction of sp³-hybridized carbons (Fsp3) is 0.238. The van der Waals surface area contributed by atoms with E-state index in [9.17, 15) is 0 Å². The van der Waals surface area contributed by atoms with Gasteiger partial charge < -0.3 is 9.97 Å². The van der Waals surface area contributed by atoms with E-state index < -0.39 is 0 Å². The second-order valence-electron chi connectivity index (χ2n) is 6.74. The summed E-state index contributed by atoms with van der Waals surface area (Å²) in [6.45, 7) is 8.87. The highest BCUT2D eigenvalue weighted by molar-refractivity contribution is 5.73. The minimum atomic E-state index is -0.0944. The molecule has 2 aliphatic carbocycles. The number of aromatic nitrogens is 2. The van der Waals surface area contributed by atoms with Crippen LogP contribution in [0.1, 0.15) is 49.9 Å². The van der Waals surface area contributed by atoms with E-state index in [0.29, 0.717) is 0 Å². The molecule has 0 amide bonds. The number of aromatic amines is 2. The van der Waals surface area contributed by atoms with Gasteiger partial charge in [0, 0.05) is 37.9 Å². The van der Waals surface area contributed by atoms with Gasteiger partial charge in [0.2, 0.25) is 0 Å². The number of allylic oxidation sites excluding steroid dienone is 2. The lowest BCUT2D eigenvalue weighted by Gasteiger charge is -2.26. The van der Waals surface area contributed by atoms with Crippen LogP contribution in [0.2, 0.25) is 0 Å². The normalized spacial score (nSPS) is 16.7. The van der Waals surface area contributed by atoms with Crippen LogP contribution in [-0.4, -0.2) is 9.97 Å². The van der Waals surface area contributed by atoms with Crippen LogP contribution in [0.5, 0.6) is 0 Å². The van der Waals surface area contributed by atoms with Gasteiger partial charge >= 0.3 is 0 Å². The third kappa shape index (κ3) is 1.81. The van der Waals surface area contributed by atoms with Crippen molar-refractivity contribution in [2.45, 2.75) is 33.1 Å². The highest BCUT2D eigenvalue weighted by atomic mass is 14.7. The summed E-state index contributed by atoms with van der Waals surface area (Å²) in [5, 5.41) is 4.89. The minimum absolute atomic E-state index is 0.0944. The van der Waals surface area contributed by atoms with Gasteiger partial charge in [0.25, 0.3) is 0 Å². The number of fused-ring (bicyclic) bond motifs is 2. The van der Waals surface area contributed by atoms with Crippen LogP contribution in [0.4, 0.5) is 0 Å². The molecule has 0 atom stereocenters. The van der Waals surface area contributed by atoms with Crippen molar-refractivity contribution in [3.8, 4) is 0 Å². The third-order valence-electron chi connectivity index (χ3n) is 5.08. The Labute approximate surface area is 136 Å². The van der Waals surface area contributed by atoms with Crippen molar-refractivity contribution in [3.05, 3.63) is 55.8 Å². The number of hydrogen-bond donors (Lipinski definition) is 2. The lowest BCUT2D eigenvalue weighted by Crippen LogP contribution is -2.32. The maximum atomic E-state index is 3.57. The van der Waals surface area contributed by atoms with Crippen LogP contribution < -0.4 is 21.4 Å². The standard InChI is InChI=1S/C21H22N2/c1-5-15-19(13-9-7-11-17(13)22-15)21(3,4)20-14-10-8-12-18(14)23-16(20)6-2/h5-12,22-23H,1-4H3. The van der Waals surface area contributed by atoms with Crippen molar-refractivity contribution in [1.82, 2.24) is 9.97 Å². The predicted molar refractivity (Wildman–Crippen MR) is 99.5 cm³/mol. The largest absolute Gasteiger partial charge is 0.355 e. The Morgan fingerprint density at radius 1 is 0.783 bits per heavy atom. The van der Waals surface area contributed by atoms with E-state index in [-0.39, 0.29) is 5.41 Å². The van der Waals surface area contributed by atoms with Crippen LogP contribution in [0, 0.1) is 0 Å². The third-order valence-corrected chi connectivity index (χ3v) is 5.08. The molecule has 0 bridgehead atoms. The summed E-state index contributed by atoms with van der Waals surface area (Å²) >= 11 is 0. The predicted octanol–water partition coefficient (Wildman–Crippen LogP) is 1.88. The number of H-pyrrole nitrogens is 2. The lowest BCUT2D eigenvalue weighted by atomic mass is 9.76. The van der Waals surface area contributed by atoms with E-state index >= 15 is 0 Å². The molecular weight excluding hydrogens is 280 g/mol. The molecule has 0 aliphatic heterocycles. The average molecular weight is 302 g/mol. The van der Waals surface area contributed by atoms with E-state index in [1.54, 1.807) is 0 Å². The molecule has 2 aromatic rings. The fourth-order valence-electron chi connectivity index (χ4n) is 4.10.